The second-order valence-corrected chi connectivity index (χ2v) is 5.39. The van der Waals surface area contributed by atoms with Gasteiger partial charge >= 0.3 is 0 Å². The van der Waals surface area contributed by atoms with Crippen molar-refractivity contribution in [2.75, 3.05) is 0 Å². The Hall–Kier alpha value is -3.27. The summed E-state index contributed by atoms with van der Waals surface area (Å²) in [6.45, 7) is 0. The summed E-state index contributed by atoms with van der Waals surface area (Å²) in [7, 11) is 0. The van der Waals surface area contributed by atoms with Crippen LogP contribution in [0.25, 0.3) is 44.1 Å². The summed E-state index contributed by atoms with van der Waals surface area (Å²) in [5, 5.41) is 4.13. The van der Waals surface area contributed by atoms with E-state index in [4.69, 9.17) is 4.42 Å². The molecule has 4 heteroatoms. The maximum absolute atomic E-state index is 5.92. The molecule has 0 unspecified atom stereocenters. The summed E-state index contributed by atoms with van der Waals surface area (Å²) in [4.78, 5) is 13.4. The van der Waals surface area contributed by atoms with Crippen molar-refractivity contribution in [2.24, 2.45) is 0 Å². The molecule has 5 rings (SSSR count). The molecule has 0 bridgehead atoms. The van der Waals surface area contributed by atoms with E-state index in [0.717, 1.165) is 44.1 Å². The smallest absolute Gasteiger partial charge is 0.139 e. The lowest BCUT2D eigenvalue weighted by Crippen LogP contribution is -1.90. The third-order valence-corrected chi connectivity index (χ3v) is 4.08. The van der Waals surface area contributed by atoms with E-state index in [1.165, 1.54) is 0 Å². The molecule has 0 aliphatic carbocycles. The normalized spacial score (nSPS) is 11.5. The third kappa shape index (κ3) is 1.75. The van der Waals surface area contributed by atoms with Gasteiger partial charge in [-0.1, -0.05) is 24.3 Å². The van der Waals surface area contributed by atoms with Gasteiger partial charge in [0, 0.05) is 35.6 Å². The van der Waals surface area contributed by atoms with E-state index < -0.39 is 0 Å². The fourth-order valence-corrected chi connectivity index (χ4v) is 3.05. The standard InChI is InChI=1S/C19H11N3O/c1-2-4-13-12(3-1)5-9-21-18(13)19-17-14-11-20-8-6-15(14)23-16(17)7-10-22-19/h1-11H. The Morgan fingerprint density at radius 3 is 2.52 bits per heavy atom. The zero-order valence-corrected chi connectivity index (χ0v) is 12.1. The van der Waals surface area contributed by atoms with Gasteiger partial charge in [0.05, 0.1) is 11.1 Å². The maximum atomic E-state index is 5.92. The monoisotopic (exact) mass is 297 g/mol. The van der Waals surface area contributed by atoms with Gasteiger partial charge in [-0.25, -0.2) is 0 Å². The van der Waals surface area contributed by atoms with Crippen LogP contribution in [0, 0.1) is 0 Å². The maximum Gasteiger partial charge on any atom is 0.139 e. The number of fused-ring (bicyclic) bond motifs is 4. The SMILES string of the molecule is c1ccc2c(-c3nccc4oc5ccncc5c34)nccc2c1. The first-order valence-corrected chi connectivity index (χ1v) is 7.37. The summed E-state index contributed by atoms with van der Waals surface area (Å²) < 4.78 is 5.92. The van der Waals surface area contributed by atoms with Crippen molar-refractivity contribution in [1.82, 2.24) is 15.0 Å². The van der Waals surface area contributed by atoms with Gasteiger partial charge in [-0.2, -0.15) is 0 Å². The van der Waals surface area contributed by atoms with Gasteiger partial charge in [-0.15, -0.1) is 0 Å². The Kier molecular flexibility index (Phi) is 2.46. The van der Waals surface area contributed by atoms with Gasteiger partial charge in [-0.05, 0) is 23.6 Å². The number of aromatic nitrogens is 3. The fourth-order valence-electron chi connectivity index (χ4n) is 3.05. The Morgan fingerprint density at radius 2 is 1.52 bits per heavy atom. The fraction of sp³-hybridized carbons (Fsp3) is 0. The number of furan rings is 1. The number of hydrogen-bond donors (Lipinski definition) is 0. The molecule has 23 heavy (non-hydrogen) atoms. The van der Waals surface area contributed by atoms with Crippen molar-refractivity contribution in [3.63, 3.8) is 0 Å². The van der Waals surface area contributed by atoms with E-state index in [1.807, 2.05) is 42.7 Å². The van der Waals surface area contributed by atoms with E-state index in [0.29, 0.717) is 0 Å². The van der Waals surface area contributed by atoms with Crippen LogP contribution in [0.2, 0.25) is 0 Å². The molecule has 0 aliphatic rings. The van der Waals surface area contributed by atoms with Crippen molar-refractivity contribution < 1.29 is 4.42 Å². The lowest BCUT2D eigenvalue weighted by molar-refractivity contribution is 0.668. The van der Waals surface area contributed by atoms with Gasteiger partial charge in [0.15, 0.2) is 0 Å². The first-order valence-electron chi connectivity index (χ1n) is 7.37. The zero-order valence-electron chi connectivity index (χ0n) is 12.1. The Morgan fingerprint density at radius 1 is 0.696 bits per heavy atom. The molecule has 0 radical (unpaired) electrons. The topological polar surface area (TPSA) is 51.8 Å². The predicted octanol–water partition coefficient (Wildman–Crippen LogP) is 4.59. The summed E-state index contributed by atoms with van der Waals surface area (Å²) in [6, 6.07) is 13.9. The lowest BCUT2D eigenvalue weighted by atomic mass is 10.0. The first kappa shape index (κ1) is 12.3. The molecule has 0 amide bonds. The Balaban J connectivity index is 1.96. The summed E-state index contributed by atoms with van der Waals surface area (Å²) in [5.74, 6) is 0. The van der Waals surface area contributed by atoms with Gasteiger partial charge < -0.3 is 4.42 Å². The van der Waals surface area contributed by atoms with Crippen LogP contribution in [0.15, 0.2) is 71.7 Å². The van der Waals surface area contributed by atoms with Crippen LogP contribution in [0.1, 0.15) is 0 Å². The highest BCUT2D eigenvalue weighted by atomic mass is 16.3. The molecule has 4 nitrogen and oxygen atoms in total. The van der Waals surface area contributed by atoms with Gasteiger partial charge in [0.25, 0.3) is 0 Å². The predicted molar refractivity (Wildman–Crippen MR) is 90.0 cm³/mol. The minimum atomic E-state index is 0.799. The molecule has 0 spiro atoms. The van der Waals surface area contributed by atoms with E-state index >= 15 is 0 Å². The van der Waals surface area contributed by atoms with Crippen molar-refractivity contribution in [3.05, 3.63) is 67.3 Å². The molecule has 0 aliphatic heterocycles. The molecule has 0 fully saturated rings. The van der Waals surface area contributed by atoms with Gasteiger partial charge in [0.1, 0.15) is 16.9 Å². The molecular formula is C19H11N3O. The number of benzene rings is 1. The van der Waals surface area contributed by atoms with Crippen LogP contribution < -0.4 is 0 Å². The van der Waals surface area contributed by atoms with E-state index in [2.05, 4.69) is 27.1 Å². The number of hydrogen-bond acceptors (Lipinski definition) is 4. The molecule has 108 valence electrons. The molecule has 0 N–H and O–H groups in total. The second kappa shape index (κ2) is 4.61. The molecule has 4 heterocycles. The van der Waals surface area contributed by atoms with Crippen molar-refractivity contribution in [1.29, 1.82) is 0 Å². The minimum Gasteiger partial charge on any atom is -0.456 e. The second-order valence-electron chi connectivity index (χ2n) is 5.39. The highest BCUT2D eigenvalue weighted by Crippen LogP contribution is 2.36. The Bertz CT molecular complexity index is 1170. The van der Waals surface area contributed by atoms with Crippen molar-refractivity contribution in [2.45, 2.75) is 0 Å². The molecule has 0 saturated carbocycles. The number of pyridine rings is 3. The molecule has 0 atom stereocenters. The quantitative estimate of drug-likeness (QED) is 0.454. The average Bonchev–Trinajstić information content (AvgIpc) is 3.00. The number of nitrogens with zero attached hydrogens (tertiary/aromatic N) is 3. The molecule has 5 aromatic rings. The van der Waals surface area contributed by atoms with E-state index in [1.54, 1.807) is 12.4 Å². The lowest BCUT2D eigenvalue weighted by Gasteiger charge is -2.06. The highest BCUT2D eigenvalue weighted by Gasteiger charge is 2.16. The molecule has 4 aromatic heterocycles. The molecular weight excluding hydrogens is 286 g/mol. The van der Waals surface area contributed by atoms with E-state index in [-0.39, 0.29) is 0 Å². The Labute approximate surface area is 131 Å². The molecule has 0 saturated heterocycles. The van der Waals surface area contributed by atoms with Crippen LogP contribution in [0.3, 0.4) is 0 Å². The van der Waals surface area contributed by atoms with Gasteiger partial charge in [0.2, 0.25) is 0 Å². The third-order valence-electron chi connectivity index (χ3n) is 4.08. The van der Waals surface area contributed by atoms with E-state index in [9.17, 15) is 0 Å². The summed E-state index contributed by atoms with van der Waals surface area (Å²) >= 11 is 0. The van der Waals surface area contributed by atoms with Crippen LogP contribution in [0.5, 0.6) is 0 Å². The first-order chi connectivity index (χ1) is 11.4. The molecule has 1 aromatic carbocycles. The van der Waals surface area contributed by atoms with Gasteiger partial charge in [-0.3, -0.25) is 15.0 Å². The average molecular weight is 297 g/mol. The zero-order chi connectivity index (χ0) is 15.2. The van der Waals surface area contributed by atoms with Crippen LogP contribution in [0.4, 0.5) is 0 Å². The van der Waals surface area contributed by atoms with Crippen molar-refractivity contribution in [3.8, 4) is 11.4 Å². The summed E-state index contributed by atoms with van der Waals surface area (Å²) in [6.07, 6.45) is 7.13. The van der Waals surface area contributed by atoms with Crippen LogP contribution in [-0.2, 0) is 0 Å². The summed E-state index contributed by atoms with van der Waals surface area (Å²) in [5.41, 5.74) is 3.29. The number of rotatable bonds is 1. The van der Waals surface area contributed by atoms with Crippen LogP contribution in [-0.4, -0.2) is 15.0 Å². The largest absolute Gasteiger partial charge is 0.456 e. The highest BCUT2D eigenvalue weighted by molar-refractivity contribution is 6.12. The minimum absolute atomic E-state index is 0.799. The van der Waals surface area contributed by atoms with Crippen LogP contribution >= 0.6 is 0 Å². The van der Waals surface area contributed by atoms with Crippen molar-refractivity contribution >= 4 is 32.7 Å².